The van der Waals surface area contributed by atoms with Gasteiger partial charge in [0.25, 0.3) is 0 Å². The Bertz CT molecular complexity index is 393. The Morgan fingerprint density at radius 3 is 2.00 bits per heavy atom. The maximum Gasteiger partial charge on any atom is 0.140 e. The largest absolute Gasteiger partial charge is 0.664 e. The second-order valence-corrected chi connectivity index (χ2v) is 7.02. The first-order valence-electron chi connectivity index (χ1n) is 6.23. The molecule has 0 unspecified atom stereocenters. The summed E-state index contributed by atoms with van der Waals surface area (Å²) in [5.41, 5.74) is 1.97. The molecule has 18 heavy (non-hydrogen) atoms. The number of hydrogen-bond acceptors (Lipinski definition) is 1. The van der Waals surface area contributed by atoms with Crippen LogP contribution in [0.4, 0.5) is 0 Å². The SMILES string of the molecule is CC(C)(C)Cc1ccc(CC(=O)C(C)(C)C)[n-]1.[Pd]. The van der Waals surface area contributed by atoms with Gasteiger partial charge in [-0.05, 0) is 11.8 Å². The van der Waals surface area contributed by atoms with Crippen LogP contribution in [-0.4, -0.2) is 5.78 Å². The Labute approximate surface area is 125 Å². The Hall–Kier alpha value is -0.388. The molecular weight excluding hydrogens is 317 g/mol. The van der Waals surface area contributed by atoms with Crippen molar-refractivity contribution in [2.75, 3.05) is 0 Å². The van der Waals surface area contributed by atoms with E-state index in [0.717, 1.165) is 17.8 Å². The fourth-order valence-electron chi connectivity index (χ4n) is 1.62. The van der Waals surface area contributed by atoms with Crippen LogP contribution in [0.5, 0.6) is 0 Å². The van der Waals surface area contributed by atoms with Crippen molar-refractivity contribution in [3.8, 4) is 0 Å². The molecule has 0 radical (unpaired) electrons. The fraction of sp³-hybridized carbons (Fsp3) is 0.667. The van der Waals surface area contributed by atoms with Gasteiger partial charge in [-0.1, -0.05) is 53.7 Å². The van der Waals surface area contributed by atoms with Crippen molar-refractivity contribution in [2.45, 2.75) is 54.4 Å². The van der Waals surface area contributed by atoms with Crippen LogP contribution < -0.4 is 4.98 Å². The zero-order chi connectivity index (χ0) is 13.3. The summed E-state index contributed by atoms with van der Waals surface area (Å²) in [4.78, 5) is 16.4. The van der Waals surface area contributed by atoms with Gasteiger partial charge in [0.15, 0.2) is 0 Å². The van der Waals surface area contributed by atoms with Gasteiger partial charge < -0.3 is 4.98 Å². The Kier molecular flexibility index (Phi) is 6.04. The van der Waals surface area contributed by atoms with Gasteiger partial charge in [-0.3, -0.25) is 4.79 Å². The van der Waals surface area contributed by atoms with E-state index in [1.807, 2.05) is 32.9 Å². The van der Waals surface area contributed by atoms with Crippen LogP contribution in [0, 0.1) is 10.8 Å². The molecule has 1 aromatic heterocycles. The summed E-state index contributed by atoms with van der Waals surface area (Å²) in [6.45, 7) is 12.4. The number of Topliss-reactive ketones (excluding diaryl/α,β-unsaturated/α-hetero) is 1. The third kappa shape index (κ3) is 5.98. The average molecular weight is 341 g/mol. The van der Waals surface area contributed by atoms with Gasteiger partial charge in [-0.2, -0.15) is 11.4 Å². The topological polar surface area (TPSA) is 31.2 Å². The van der Waals surface area contributed by atoms with Crippen LogP contribution in [0.25, 0.3) is 0 Å². The van der Waals surface area contributed by atoms with E-state index in [4.69, 9.17) is 0 Å². The molecule has 2 nitrogen and oxygen atoms in total. The number of carbonyl (C=O) groups is 1. The van der Waals surface area contributed by atoms with Gasteiger partial charge in [0.2, 0.25) is 0 Å². The summed E-state index contributed by atoms with van der Waals surface area (Å²) in [5, 5.41) is 0. The van der Waals surface area contributed by atoms with Crippen molar-refractivity contribution >= 4 is 5.78 Å². The zero-order valence-corrected chi connectivity index (χ0v) is 13.8. The standard InChI is InChI=1S/C15H24NO.Pd/c1-14(2,3)10-12-8-7-11(16-12)9-13(17)15(4,5)6;/h7-8H,9-10H2,1-6H3;/q-1;. The third-order valence-corrected chi connectivity index (χ3v) is 2.64. The monoisotopic (exact) mass is 340 g/mol. The molecule has 1 heterocycles. The Morgan fingerprint density at radius 2 is 1.56 bits per heavy atom. The van der Waals surface area contributed by atoms with Crippen molar-refractivity contribution in [3.05, 3.63) is 23.5 Å². The first kappa shape index (κ1) is 17.6. The average Bonchev–Trinajstić information content (AvgIpc) is 2.47. The van der Waals surface area contributed by atoms with Gasteiger partial charge in [-0.25, -0.2) is 0 Å². The summed E-state index contributed by atoms with van der Waals surface area (Å²) in [6, 6.07) is 4.02. The smallest absolute Gasteiger partial charge is 0.140 e. The Balaban J connectivity index is 0.00000289. The van der Waals surface area contributed by atoms with Crippen LogP contribution >= 0.6 is 0 Å². The van der Waals surface area contributed by atoms with Crippen molar-refractivity contribution in [2.24, 2.45) is 10.8 Å². The number of aromatic nitrogens is 1. The van der Waals surface area contributed by atoms with Crippen LogP contribution in [0.1, 0.15) is 52.9 Å². The molecule has 1 rings (SSSR count). The summed E-state index contributed by atoms with van der Waals surface area (Å²) >= 11 is 0. The molecule has 106 valence electrons. The molecule has 0 spiro atoms. The van der Waals surface area contributed by atoms with E-state index < -0.39 is 0 Å². The van der Waals surface area contributed by atoms with E-state index >= 15 is 0 Å². The number of carbonyl (C=O) groups excluding carboxylic acids is 1. The molecule has 0 fully saturated rings. The van der Waals surface area contributed by atoms with E-state index in [1.165, 1.54) is 0 Å². The molecule has 0 bridgehead atoms. The number of rotatable bonds is 3. The van der Waals surface area contributed by atoms with Crippen molar-refractivity contribution in [1.29, 1.82) is 0 Å². The number of ketones is 1. The van der Waals surface area contributed by atoms with Crippen LogP contribution in [0.3, 0.4) is 0 Å². The minimum absolute atomic E-state index is 0. The molecule has 0 saturated heterocycles. The molecule has 0 amide bonds. The van der Waals surface area contributed by atoms with Gasteiger partial charge in [-0.15, -0.1) is 0 Å². The quantitative estimate of drug-likeness (QED) is 0.790. The molecule has 0 aromatic carbocycles. The maximum absolute atomic E-state index is 11.9. The van der Waals surface area contributed by atoms with Gasteiger partial charge >= 0.3 is 0 Å². The summed E-state index contributed by atoms with van der Waals surface area (Å²) in [7, 11) is 0. The van der Waals surface area contributed by atoms with Crippen molar-refractivity contribution in [1.82, 2.24) is 4.98 Å². The molecule has 3 heteroatoms. The molecule has 0 N–H and O–H groups in total. The van der Waals surface area contributed by atoms with Crippen LogP contribution in [0.15, 0.2) is 12.1 Å². The molecule has 0 atom stereocenters. The fourth-order valence-corrected chi connectivity index (χ4v) is 1.62. The van der Waals surface area contributed by atoms with Gasteiger partial charge in [0.05, 0.1) is 0 Å². The zero-order valence-electron chi connectivity index (χ0n) is 12.2. The predicted molar refractivity (Wildman–Crippen MR) is 71.1 cm³/mol. The Morgan fingerprint density at radius 1 is 1.06 bits per heavy atom. The second-order valence-electron chi connectivity index (χ2n) is 7.02. The summed E-state index contributed by atoms with van der Waals surface area (Å²) in [5.74, 6) is 0.248. The van der Waals surface area contributed by atoms with E-state index in [1.54, 1.807) is 0 Å². The van der Waals surface area contributed by atoms with E-state index in [0.29, 0.717) is 6.42 Å². The van der Waals surface area contributed by atoms with E-state index in [9.17, 15) is 4.79 Å². The molecule has 0 saturated carbocycles. The number of hydrogen-bond donors (Lipinski definition) is 0. The maximum atomic E-state index is 11.9. The summed E-state index contributed by atoms with van der Waals surface area (Å²) in [6.07, 6.45) is 1.41. The van der Waals surface area contributed by atoms with Crippen molar-refractivity contribution in [3.63, 3.8) is 0 Å². The first-order valence-corrected chi connectivity index (χ1v) is 6.23. The van der Waals surface area contributed by atoms with Gasteiger partial charge in [0, 0.05) is 32.3 Å². The molecule has 0 aliphatic rings. The number of nitrogens with zero attached hydrogens (tertiary/aromatic N) is 1. The minimum Gasteiger partial charge on any atom is -0.664 e. The summed E-state index contributed by atoms with van der Waals surface area (Å²) < 4.78 is 0. The molecule has 0 aliphatic carbocycles. The minimum atomic E-state index is -0.275. The van der Waals surface area contributed by atoms with Crippen molar-refractivity contribution < 1.29 is 25.2 Å². The first-order chi connectivity index (χ1) is 7.58. The second kappa shape index (κ2) is 6.17. The van der Waals surface area contributed by atoms with Gasteiger partial charge in [0.1, 0.15) is 5.78 Å². The molecule has 0 aliphatic heterocycles. The molecular formula is C15H24NOPd-. The normalized spacial score (nSPS) is 12.1. The van der Waals surface area contributed by atoms with E-state index in [2.05, 4.69) is 25.8 Å². The molecule has 1 aromatic rings. The predicted octanol–water partition coefficient (Wildman–Crippen LogP) is 3.39. The van der Waals surface area contributed by atoms with E-state index in [-0.39, 0.29) is 37.0 Å². The van der Waals surface area contributed by atoms with Crippen LogP contribution in [-0.2, 0) is 38.1 Å². The third-order valence-electron chi connectivity index (χ3n) is 2.64. The van der Waals surface area contributed by atoms with Crippen LogP contribution in [0.2, 0.25) is 0 Å².